The van der Waals surface area contributed by atoms with Crippen LogP contribution in [0.1, 0.15) is 4.88 Å². The molecule has 0 spiro atoms. The lowest BCUT2D eigenvalue weighted by Gasteiger charge is -2.07. The van der Waals surface area contributed by atoms with E-state index in [2.05, 4.69) is 14.7 Å². The molecule has 6 nitrogen and oxygen atoms in total. The number of thiophene rings is 1. The third-order valence-electron chi connectivity index (χ3n) is 2.47. The normalized spacial score (nSPS) is 15.5. The average molecular weight is 284 g/mol. The third-order valence-corrected chi connectivity index (χ3v) is 3.99. The Bertz CT molecular complexity index is 641. The Morgan fingerprint density at radius 3 is 2.94 bits per heavy atom. The fraction of sp³-hybridized carbons (Fsp3) is 0.200. The molecule has 92 valence electrons. The van der Waals surface area contributed by atoms with Crippen LogP contribution in [-0.2, 0) is 16.1 Å². The molecule has 2 amide bonds. The van der Waals surface area contributed by atoms with Crippen LogP contribution in [0.15, 0.2) is 12.4 Å². The van der Waals surface area contributed by atoms with Crippen LogP contribution in [0.2, 0.25) is 5.15 Å². The smallest absolute Gasteiger partial charge is 0.417 e. The number of aromatic nitrogens is 2. The lowest BCUT2D eigenvalue weighted by Crippen LogP contribution is -2.27. The first-order chi connectivity index (χ1) is 8.65. The Balaban J connectivity index is 1.93. The summed E-state index contributed by atoms with van der Waals surface area (Å²) >= 11 is 7.29. The van der Waals surface area contributed by atoms with Crippen molar-refractivity contribution in [3.05, 3.63) is 22.4 Å². The van der Waals surface area contributed by atoms with Crippen LogP contribution in [0.4, 0.5) is 4.79 Å². The van der Waals surface area contributed by atoms with E-state index in [9.17, 15) is 9.59 Å². The maximum atomic E-state index is 11.4. The lowest BCUT2D eigenvalue weighted by atomic mass is 10.4. The molecule has 8 heteroatoms. The number of amides is 2. The topological polar surface area (TPSA) is 72.4 Å². The molecule has 0 saturated carbocycles. The molecule has 0 radical (unpaired) electrons. The Hall–Kier alpha value is -1.73. The molecule has 0 unspecified atom stereocenters. The first-order valence-corrected chi connectivity index (χ1v) is 6.20. The van der Waals surface area contributed by atoms with Gasteiger partial charge in [0, 0.05) is 4.88 Å². The number of nitrogens with zero attached hydrogens (tertiary/aromatic N) is 3. The maximum Gasteiger partial charge on any atom is 0.417 e. The Morgan fingerprint density at radius 2 is 2.28 bits per heavy atom. The molecule has 2 aromatic heterocycles. The second-order valence-corrected chi connectivity index (χ2v) is 5.12. The maximum absolute atomic E-state index is 11.4. The van der Waals surface area contributed by atoms with Crippen LogP contribution < -0.4 is 0 Å². The summed E-state index contributed by atoms with van der Waals surface area (Å²) in [5.41, 5.74) is 0.704. The highest BCUT2D eigenvalue weighted by atomic mass is 35.5. The summed E-state index contributed by atoms with van der Waals surface area (Å²) in [5, 5.41) is 0.367. The minimum absolute atomic E-state index is 0.176. The molecule has 3 heterocycles. The van der Waals surface area contributed by atoms with Crippen molar-refractivity contribution in [3.63, 3.8) is 0 Å². The molecule has 3 rings (SSSR count). The fourth-order valence-corrected chi connectivity index (χ4v) is 2.88. The molecule has 0 aromatic carbocycles. The van der Waals surface area contributed by atoms with Crippen molar-refractivity contribution in [2.24, 2.45) is 0 Å². The predicted octanol–water partition coefficient (Wildman–Crippen LogP) is 1.82. The average Bonchev–Trinajstić information content (AvgIpc) is 2.89. The van der Waals surface area contributed by atoms with Crippen LogP contribution in [0.25, 0.3) is 10.2 Å². The molecule has 0 aliphatic carbocycles. The van der Waals surface area contributed by atoms with Crippen LogP contribution in [0, 0.1) is 0 Å². The zero-order chi connectivity index (χ0) is 12.7. The van der Waals surface area contributed by atoms with Gasteiger partial charge in [0.2, 0.25) is 0 Å². The summed E-state index contributed by atoms with van der Waals surface area (Å²) in [6, 6.07) is 1.78. The van der Waals surface area contributed by atoms with E-state index in [0.717, 1.165) is 14.5 Å². The number of hydrogen-bond acceptors (Lipinski definition) is 6. The van der Waals surface area contributed by atoms with Crippen LogP contribution in [-0.4, -0.2) is 33.5 Å². The van der Waals surface area contributed by atoms with E-state index in [1.54, 1.807) is 6.07 Å². The molecule has 2 aromatic rings. The van der Waals surface area contributed by atoms with Gasteiger partial charge in [0.1, 0.15) is 11.5 Å². The van der Waals surface area contributed by atoms with E-state index in [1.807, 2.05) is 0 Å². The van der Waals surface area contributed by atoms with Gasteiger partial charge >= 0.3 is 6.09 Å². The van der Waals surface area contributed by atoms with Gasteiger partial charge in [-0.3, -0.25) is 4.79 Å². The van der Waals surface area contributed by atoms with Crippen LogP contribution in [0.5, 0.6) is 0 Å². The van der Waals surface area contributed by atoms with Gasteiger partial charge in [-0.05, 0) is 6.07 Å². The third kappa shape index (κ3) is 1.81. The van der Waals surface area contributed by atoms with Gasteiger partial charge in [-0.15, -0.1) is 11.3 Å². The summed E-state index contributed by atoms with van der Waals surface area (Å²) in [5.74, 6) is -0.338. The zero-order valence-corrected chi connectivity index (χ0v) is 10.5. The number of hydrogen-bond donors (Lipinski definition) is 0. The number of fused-ring (bicyclic) bond motifs is 1. The van der Waals surface area contributed by atoms with Crippen molar-refractivity contribution in [2.75, 3.05) is 6.61 Å². The standard InChI is InChI=1S/C10H6ClN3O3S/c11-9-8-6(12-4-13-9)1-5(18-8)2-14-7(15)3-17-10(14)16/h1,4H,2-3H2. The quantitative estimate of drug-likeness (QED) is 0.786. The number of rotatable bonds is 2. The number of carbonyl (C=O) groups excluding carboxylic acids is 2. The van der Waals surface area contributed by atoms with E-state index in [-0.39, 0.29) is 19.1 Å². The minimum Gasteiger partial charge on any atom is -0.439 e. The largest absolute Gasteiger partial charge is 0.439 e. The monoisotopic (exact) mass is 283 g/mol. The van der Waals surface area contributed by atoms with Gasteiger partial charge in [0.15, 0.2) is 6.61 Å². The minimum atomic E-state index is -0.616. The highest BCUT2D eigenvalue weighted by molar-refractivity contribution is 7.19. The Kier molecular flexibility index (Phi) is 2.64. The molecular weight excluding hydrogens is 278 g/mol. The molecule has 1 saturated heterocycles. The van der Waals surface area contributed by atoms with E-state index in [4.69, 9.17) is 11.6 Å². The van der Waals surface area contributed by atoms with Gasteiger partial charge in [-0.25, -0.2) is 19.7 Å². The molecule has 0 N–H and O–H groups in total. The number of carbonyl (C=O) groups is 2. The number of imide groups is 1. The van der Waals surface area contributed by atoms with E-state index < -0.39 is 6.09 Å². The Morgan fingerprint density at radius 1 is 1.44 bits per heavy atom. The summed E-state index contributed by atoms with van der Waals surface area (Å²) in [7, 11) is 0. The number of ether oxygens (including phenoxy) is 1. The van der Waals surface area contributed by atoms with Crippen molar-refractivity contribution in [1.82, 2.24) is 14.9 Å². The van der Waals surface area contributed by atoms with Crippen LogP contribution >= 0.6 is 22.9 Å². The van der Waals surface area contributed by atoms with E-state index in [1.165, 1.54) is 17.7 Å². The van der Waals surface area contributed by atoms with Crippen molar-refractivity contribution in [2.45, 2.75) is 6.54 Å². The van der Waals surface area contributed by atoms with E-state index in [0.29, 0.717) is 10.7 Å². The van der Waals surface area contributed by atoms with Gasteiger partial charge in [-0.1, -0.05) is 11.6 Å². The summed E-state index contributed by atoms with van der Waals surface area (Å²) in [6.07, 6.45) is 0.755. The second-order valence-electron chi connectivity index (χ2n) is 3.63. The molecule has 1 aliphatic rings. The Labute approximate surface area is 110 Å². The van der Waals surface area contributed by atoms with Crippen LogP contribution in [0.3, 0.4) is 0 Å². The molecular formula is C10H6ClN3O3S. The van der Waals surface area contributed by atoms with Gasteiger partial charge in [0.25, 0.3) is 5.91 Å². The summed E-state index contributed by atoms with van der Waals surface area (Å²) in [4.78, 5) is 32.5. The second kappa shape index (κ2) is 4.18. The predicted molar refractivity (Wildman–Crippen MR) is 64.3 cm³/mol. The molecule has 1 aliphatic heterocycles. The highest BCUT2D eigenvalue weighted by Gasteiger charge is 2.31. The van der Waals surface area contributed by atoms with Gasteiger partial charge < -0.3 is 4.74 Å². The highest BCUT2D eigenvalue weighted by Crippen LogP contribution is 2.30. The van der Waals surface area contributed by atoms with Gasteiger partial charge in [-0.2, -0.15) is 0 Å². The molecule has 0 bridgehead atoms. The molecule has 18 heavy (non-hydrogen) atoms. The van der Waals surface area contributed by atoms with Crippen molar-refractivity contribution in [1.29, 1.82) is 0 Å². The zero-order valence-electron chi connectivity index (χ0n) is 8.92. The first-order valence-electron chi connectivity index (χ1n) is 5.01. The lowest BCUT2D eigenvalue weighted by molar-refractivity contribution is -0.126. The van der Waals surface area contributed by atoms with Crippen molar-refractivity contribution >= 4 is 45.2 Å². The van der Waals surface area contributed by atoms with Gasteiger partial charge in [0.05, 0.1) is 16.8 Å². The summed E-state index contributed by atoms with van der Waals surface area (Å²) in [6.45, 7) is -0.0146. The van der Waals surface area contributed by atoms with E-state index >= 15 is 0 Å². The number of cyclic esters (lactones) is 1. The summed E-state index contributed by atoms with van der Waals surface area (Å²) < 4.78 is 5.38. The number of halogens is 1. The molecule has 1 fully saturated rings. The van der Waals surface area contributed by atoms with Crippen molar-refractivity contribution in [3.8, 4) is 0 Å². The van der Waals surface area contributed by atoms with Crippen molar-refractivity contribution < 1.29 is 14.3 Å². The fourth-order valence-electron chi connectivity index (χ4n) is 1.64. The SMILES string of the molecule is O=C1COC(=O)N1Cc1cc2ncnc(Cl)c2s1. The molecule has 0 atom stereocenters. The first kappa shape index (κ1) is 11.4.